The van der Waals surface area contributed by atoms with Gasteiger partial charge in [-0.05, 0) is 49.1 Å². The first kappa shape index (κ1) is 19.8. The standard InChI is InChI=1S/C16H14Cl2N4OS.ClH/c1-19-8-9-2-4-10(5-3-9)20-16(24)22-14-7-12(18)11(17)6-13(14)21-15(22)23;/h2-7,19H,8H2,1H3,(H,20,24)(H,21,23);1H. The van der Waals surface area contributed by atoms with Crippen LogP contribution in [0.5, 0.6) is 0 Å². The highest BCUT2D eigenvalue weighted by atomic mass is 35.5. The van der Waals surface area contributed by atoms with Gasteiger partial charge in [-0.1, -0.05) is 35.3 Å². The number of imidazole rings is 1. The number of nitrogens with zero attached hydrogens (tertiary/aromatic N) is 1. The van der Waals surface area contributed by atoms with Crippen LogP contribution in [-0.2, 0) is 6.54 Å². The van der Waals surface area contributed by atoms with E-state index in [2.05, 4.69) is 15.6 Å². The van der Waals surface area contributed by atoms with Crippen molar-refractivity contribution in [1.82, 2.24) is 14.9 Å². The van der Waals surface area contributed by atoms with Crippen molar-refractivity contribution >= 4 is 69.7 Å². The van der Waals surface area contributed by atoms with Gasteiger partial charge < -0.3 is 15.6 Å². The summed E-state index contributed by atoms with van der Waals surface area (Å²) in [6, 6.07) is 11.0. The largest absolute Gasteiger partial charge is 0.332 e. The Morgan fingerprint density at radius 3 is 2.48 bits per heavy atom. The summed E-state index contributed by atoms with van der Waals surface area (Å²) in [5, 5.41) is 7.13. The first-order valence-corrected chi connectivity index (χ1v) is 8.30. The van der Waals surface area contributed by atoms with Gasteiger partial charge >= 0.3 is 5.69 Å². The Hall–Kier alpha value is -1.57. The summed E-state index contributed by atoms with van der Waals surface area (Å²) in [4.78, 5) is 14.9. The van der Waals surface area contributed by atoms with Crippen LogP contribution >= 0.6 is 47.8 Å². The summed E-state index contributed by atoms with van der Waals surface area (Å²) >= 11 is 17.4. The fraction of sp³-hybridized carbons (Fsp3) is 0.125. The number of thiocarbonyl (C=S) groups is 1. The molecule has 0 bridgehead atoms. The Bertz CT molecular complexity index is 966. The minimum atomic E-state index is -0.354. The molecule has 1 aromatic heterocycles. The summed E-state index contributed by atoms with van der Waals surface area (Å²) in [5.41, 5.74) is 2.73. The van der Waals surface area contributed by atoms with Crippen molar-refractivity contribution in [2.75, 3.05) is 12.4 Å². The third-order valence-corrected chi connectivity index (χ3v) is 4.52. The van der Waals surface area contributed by atoms with E-state index in [1.165, 1.54) is 4.57 Å². The van der Waals surface area contributed by atoms with Crippen molar-refractivity contribution in [2.24, 2.45) is 0 Å². The van der Waals surface area contributed by atoms with Crippen molar-refractivity contribution in [1.29, 1.82) is 0 Å². The molecule has 0 saturated heterocycles. The molecule has 25 heavy (non-hydrogen) atoms. The topological polar surface area (TPSA) is 61.9 Å². The van der Waals surface area contributed by atoms with Gasteiger partial charge in [0, 0.05) is 12.2 Å². The number of nitrogens with one attached hydrogen (secondary N) is 3. The predicted molar refractivity (Wildman–Crippen MR) is 111 cm³/mol. The maximum atomic E-state index is 12.2. The molecular formula is C16H15Cl3N4OS. The number of aromatic nitrogens is 2. The summed E-state index contributed by atoms with van der Waals surface area (Å²) in [5.74, 6) is 0. The minimum absolute atomic E-state index is 0. The fourth-order valence-electron chi connectivity index (χ4n) is 2.39. The summed E-state index contributed by atoms with van der Waals surface area (Å²) in [6.45, 7) is 0.784. The molecule has 0 aliphatic rings. The number of hydrogen-bond donors (Lipinski definition) is 3. The average Bonchev–Trinajstić information content (AvgIpc) is 2.85. The monoisotopic (exact) mass is 416 g/mol. The maximum Gasteiger partial charge on any atom is 0.332 e. The van der Waals surface area contributed by atoms with Gasteiger partial charge in [-0.15, -0.1) is 12.4 Å². The first-order valence-electron chi connectivity index (χ1n) is 7.14. The van der Waals surface area contributed by atoms with E-state index >= 15 is 0 Å². The lowest BCUT2D eigenvalue weighted by atomic mass is 10.2. The number of anilines is 1. The van der Waals surface area contributed by atoms with Crippen LogP contribution in [0.1, 0.15) is 5.56 Å². The number of aromatic amines is 1. The molecule has 0 fully saturated rings. The number of rotatable bonds is 3. The van der Waals surface area contributed by atoms with Crippen LogP contribution in [0.3, 0.4) is 0 Å². The molecule has 0 aliphatic carbocycles. The molecule has 5 nitrogen and oxygen atoms in total. The van der Waals surface area contributed by atoms with Gasteiger partial charge in [-0.2, -0.15) is 0 Å². The summed E-state index contributed by atoms with van der Waals surface area (Å²) in [7, 11) is 1.89. The lowest BCUT2D eigenvalue weighted by molar-refractivity contribution is 0.818. The van der Waals surface area contributed by atoms with Gasteiger partial charge in [-0.25, -0.2) is 9.36 Å². The third-order valence-electron chi connectivity index (χ3n) is 3.51. The molecule has 3 N–H and O–H groups in total. The number of H-pyrrole nitrogens is 1. The van der Waals surface area contributed by atoms with Crippen molar-refractivity contribution < 1.29 is 0 Å². The smallest absolute Gasteiger partial charge is 0.332 e. The molecule has 2 aromatic carbocycles. The molecule has 132 valence electrons. The lowest BCUT2D eigenvalue weighted by Crippen LogP contribution is -2.28. The van der Waals surface area contributed by atoms with Crippen LogP contribution in [0, 0.1) is 0 Å². The number of hydrogen-bond acceptors (Lipinski definition) is 3. The van der Waals surface area contributed by atoms with Crippen molar-refractivity contribution in [3.63, 3.8) is 0 Å². The second-order valence-corrected chi connectivity index (χ2v) is 6.41. The normalized spacial score (nSPS) is 10.5. The Kier molecular flexibility index (Phi) is 6.48. The molecule has 1 heterocycles. The molecule has 0 amide bonds. The van der Waals surface area contributed by atoms with Gasteiger partial charge in [0.25, 0.3) is 0 Å². The molecule has 0 radical (unpaired) electrons. The van der Waals surface area contributed by atoms with Crippen LogP contribution in [0.15, 0.2) is 41.2 Å². The fourth-order valence-corrected chi connectivity index (χ4v) is 3.01. The van der Waals surface area contributed by atoms with Crippen LogP contribution in [0.25, 0.3) is 11.0 Å². The summed E-state index contributed by atoms with van der Waals surface area (Å²) < 4.78 is 1.36. The van der Waals surface area contributed by atoms with E-state index < -0.39 is 0 Å². The van der Waals surface area contributed by atoms with E-state index in [0.29, 0.717) is 21.1 Å². The number of halogens is 3. The predicted octanol–water partition coefficient (Wildman–Crippen LogP) is 4.02. The molecule has 0 spiro atoms. The van der Waals surface area contributed by atoms with Gasteiger partial charge in [0.05, 0.1) is 21.1 Å². The molecule has 0 aliphatic heterocycles. The van der Waals surface area contributed by atoms with Crippen LogP contribution < -0.4 is 16.3 Å². The highest BCUT2D eigenvalue weighted by Gasteiger charge is 2.13. The van der Waals surface area contributed by atoms with Crippen molar-refractivity contribution in [3.05, 3.63) is 62.5 Å². The Balaban J connectivity index is 0.00000225. The Morgan fingerprint density at radius 1 is 1.20 bits per heavy atom. The van der Waals surface area contributed by atoms with Gasteiger partial charge in [-0.3, -0.25) is 0 Å². The average molecular weight is 418 g/mol. The Morgan fingerprint density at radius 2 is 1.84 bits per heavy atom. The van der Waals surface area contributed by atoms with Gasteiger partial charge in [0.2, 0.25) is 0 Å². The van der Waals surface area contributed by atoms with E-state index in [-0.39, 0.29) is 23.2 Å². The molecule has 3 rings (SSSR count). The summed E-state index contributed by atoms with van der Waals surface area (Å²) in [6.07, 6.45) is 0. The van der Waals surface area contributed by atoms with Crippen molar-refractivity contribution in [2.45, 2.75) is 6.54 Å². The lowest BCUT2D eigenvalue weighted by Gasteiger charge is -2.10. The molecular weight excluding hydrogens is 403 g/mol. The van der Waals surface area contributed by atoms with Crippen LogP contribution in [0.2, 0.25) is 10.0 Å². The zero-order valence-corrected chi connectivity index (χ0v) is 16.2. The van der Waals surface area contributed by atoms with Crippen LogP contribution in [0.4, 0.5) is 5.69 Å². The maximum absolute atomic E-state index is 12.2. The molecule has 3 aromatic rings. The zero-order valence-electron chi connectivity index (χ0n) is 13.1. The third kappa shape index (κ3) is 4.16. The highest BCUT2D eigenvalue weighted by Crippen LogP contribution is 2.26. The van der Waals surface area contributed by atoms with Crippen LogP contribution in [-0.4, -0.2) is 21.7 Å². The number of benzene rings is 2. The first-order chi connectivity index (χ1) is 11.5. The Labute approximate surface area is 165 Å². The minimum Gasteiger partial charge on any atom is -0.332 e. The zero-order chi connectivity index (χ0) is 17.3. The molecule has 0 atom stereocenters. The number of fused-ring (bicyclic) bond motifs is 1. The molecule has 0 unspecified atom stereocenters. The molecule has 9 heteroatoms. The van der Waals surface area contributed by atoms with E-state index in [1.807, 2.05) is 31.3 Å². The second kappa shape index (κ2) is 8.21. The second-order valence-electron chi connectivity index (χ2n) is 5.21. The van der Waals surface area contributed by atoms with Gasteiger partial charge in [0.15, 0.2) is 5.11 Å². The SMILES string of the molecule is CNCc1ccc(NC(=S)n2c(=O)[nH]c3cc(Cl)c(Cl)cc32)cc1.Cl. The van der Waals surface area contributed by atoms with Crippen molar-refractivity contribution in [3.8, 4) is 0 Å². The highest BCUT2D eigenvalue weighted by molar-refractivity contribution is 7.80. The van der Waals surface area contributed by atoms with E-state index in [4.69, 9.17) is 35.4 Å². The van der Waals surface area contributed by atoms with Gasteiger partial charge in [0.1, 0.15) is 0 Å². The van der Waals surface area contributed by atoms with E-state index in [9.17, 15) is 4.79 Å². The quantitative estimate of drug-likeness (QED) is 0.563. The van der Waals surface area contributed by atoms with E-state index in [0.717, 1.165) is 17.8 Å². The van der Waals surface area contributed by atoms with E-state index in [1.54, 1.807) is 12.1 Å². The molecule has 0 saturated carbocycles.